The van der Waals surface area contributed by atoms with Gasteiger partial charge in [-0.15, -0.1) is 0 Å². The Morgan fingerprint density at radius 2 is 1.86 bits per heavy atom. The number of carbonyl (C=O) groups is 1. The van der Waals surface area contributed by atoms with Crippen LogP contribution in [-0.4, -0.2) is 54.8 Å². The van der Waals surface area contributed by atoms with Crippen molar-refractivity contribution in [2.24, 2.45) is 0 Å². The molecule has 1 fully saturated rings. The Morgan fingerprint density at radius 1 is 1.14 bits per heavy atom. The third-order valence-electron chi connectivity index (χ3n) is 4.73. The van der Waals surface area contributed by atoms with Crippen LogP contribution >= 0.6 is 35.0 Å². The van der Waals surface area contributed by atoms with Crippen molar-refractivity contribution in [3.63, 3.8) is 0 Å². The molecule has 3 aromatic rings. The van der Waals surface area contributed by atoms with Crippen LogP contribution in [0.5, 0.6) is 0 Å². The van der Waals surface area contributed by atoms with E-state index in [9.17, 15) is 4.79 Å². The number of fused-ring (bicyclic) bond motifs is 1. The number of piperazine rings is 1. The Bertz CT molecular complexity index is 1030. The molecule has 2 aromatic carbocycles. The number of nitrogens with zero attached hydrogens (tertiary/aromatic N) is 3. The predicted octanol–water partition coefficient (Wildman–Crippen LogP) is 4.62. The van der Waals surface area contributed by atoms with Gasteiger partial charge in [-0.05, 0) is 43.4 Å². The van der Waals surface area contributed by atoms with Crippen LogP contribution in [0.15, 0.2) is 46.0 Å². The molecule has 1 aliphatic heterocycles. The van der Waals surface area contributed by atoms with Crippen molar-refractivity contribution in [3.8, 4) is 0 Å². The summed E-state index contributed by atoms with van der Waals surface area (Å²) >= 11 is 13.4. The molecule has 1 amide bonds. The van der Waals surface area contributed by atoms with Crippen LogP contribution in [0.25, 0.3) is 11.1 Å². The summed E-state index contributed by atoms with van der Waals surface area (Å²) in [6, 6.07) is 10.8. The lowest BCUT2D eigenvalue weighted by Gasteiger charge is -2.35. The van der Waals surface area contributed by atoms with E-state index in [1.54, 1.807) is 24.3 Å². The van der Waals surface area contributed by atoms with E-state index in [0.717, 1.165) is 37.6 Å². The number of oxazole rings is 1. The normalized spacial score (nSPS) is 15.1. The zero-order valence-corrected chi connectivity index (χ0v) is 18.2. The number of carbonyl (C=O) groups excluding carboxylic acids is 1. The zero-order valence-electron chi connectivity index (χ0n) is 15.8. The van der Waals surface area contributed by atoms with Crippen molar-refractivity contribution in [3.05, 3.63) is 46.4 Å². The summed E-state index contributed by atoms with van der Waals surface area (Å²) in [6.07, 6.45) is 0. The number of likely N-dealkylation sites (N-methyl/N-ethyl adjacent to an activating group) is 1. The molecule has 1 aliphatic rings. The summed E-state index contributed by atoms with van der Waals surface area (Å²) in [6.45, 7) is 3.77. The van der Waals surface area contributed by atoms with Crippen molar-refractivity contribution in [2.75, 3.05) is 49.2 Å². The third kappa shape index (κ3) is 4.98. The molecule has 0 saturated carbocycles. The summed E-state index contributed by atoms with van der Waals surface area (Å²) in [4.78, 5) is 21.5. The van der Waals surface area contributed by atoms with Gasteiger partial charge < -0.3 is 19.5 Å². The lowest BCUT2D eigenvalue weighted by molar-refractivity contribution is -0.113. The third-order valence-corrected chi connectivity index (χ3v) is 6.03. The largest absolute Gasteiger partial charge is 0.431 e. The van der Waals surface area contributed by atoms with Gasteiger partial charge >= 0.3 is 0 Å². The van der Waals surface area contributed by atoms with Crippen LogP contribution in [0.3, 0.4) is 0 Å². The van der Waals surface area contributed by atoms with E-state index in [4.69, 9.17) is 27.6 Å². The number of nitrogens with one attached hydrogen (secondary N) is 1. The molecule has 0 aliphatic carbocycles. The first kappa shape index (κ1) is 20.3. The lowest BCUT2D eigenvalue weighted by Crippen LogP contribution is -2.44. The maximum Gasteiger partial charge on any atom is 0.257 e. The number of hydrogen-bond acceptors (Lipinski definition) is 6. The highest BCUT2D eigenvalue weighted by Gasteiger charge is 2.19. The van der Waals surface area contributed by atoms with Gasteiger partial charge in [-0.3, -0.25) is 4.79 Å². The molecule has 0 spiro atoms. The van der Waals surface area contributed by atoms with Crippen LogP contribution in [0.4, 0.5) is 11.4 Å². The Hall–Kier alpha value is -1.93. The Labute approximate surface area is 183 Å². The number of aromatic nitrogens is 1. The molecule has 0 unspecified atom stereocenters. The van der Waals surface area contributed by atoms with Crippen molar-refractivity contribution in [1.29, 1.82) is 0 Å². The molecule has 0 atom stereocenters. The molecule has 6 nitrogen and oxygen atoms in total. The first-order valence-corrected chi connectivity index (χ1v) is 10.9. The highest BCUT2D eigenvalue weighted by atomic mass is 35.5. The molecule has 0 bridgehead atoms. The molecular formula is C20H20Cl2N4O2S. The second kappa shape index (κ2) is 8.83. The van der Waals surface area contributed by atoms with E-state index in [2.05, 4.69) is 27.1 Å². The minimum absolute atomic E-state index is 0.145. The number of hydrogen-bond donors (Lipinski definition) is 1. The average molecular weight is 451 g/mol. The maximum atomic E-state index is 12.6. The summed E-state index contributed by atoms with van der Waals surface area (Å²) < 4.78 is 5.65. The van der Waals surface area contributed by atoms with Gasteiger partial charge in [-0.1, -0.05) is 35.0 Å². The number of anilines is 2. The molecule has 152 valence electrons. The fraction of sp³-hybridized carbons (Fsp3) is 0.300. The van der Waals surface area contributed by atoms with E-state index in [1.165, 1.54) is 11.8 Å². The number of rotatable bonds is 5. The van der Waals surface area contributed by atoms with E-state index >= 15 is 0 Å². The maximum absolute atomic E-state index is 12.6. The van der Waals surface area contributed by atoms with E-state index < -0.39 is 0 Å². The molecule has 1 aromatic heterocycles. The van der Waals surface area contributed by atoms with Crippen LogP contribution < -0.4 is 10.2 Å². The second-order valence-electron chi connectivity index (χ2n) is 6.88. The summed E-state index contributed by atoms with van der Waals surface area (Å²) in [5, 5.41) is 4.60. The molecule has 9 heteroatoms. The van der Waals surface area contributed by atoms with Crippen molar-refractivity contribution in [1.82, 2.24) is 9.88 Å². The van der Waals surface area contributed by atoms with Gasteiger partial charge in [-0.25, -0.2) is 4.98 Å². The van der Waals surface area contributed by atoms with Crippen LogP contribution in [0.2, 0.25) is 10.0 Å². The summed E-state index contributed by atoms with van der Waals surface area (Å²) in [5.41, 5.74) is 3.02. The molecule has 4 rings (SSSR count). The molecule has 1 saturated heterocycles. The first-order chi connectivity index (χ1) is 14.0. The minimum Gasteiger partial charge on any atom is -0.431 e. The molecule has 29 heavy (non-hydrogen) atoms. The van der Waals surface area contributed by atoms with Gasteiger partial charge in [0.25, 0.3) is 5.22 Å². The average Bonchev–Trinajstić information content (AvgIpc) is 3.09. The fourth-order valence-electron chi connectivity index (χ4n) is 3.19. The quantitative estimate of drug-likeness (QED) is 0.572. The molecule has 0 radical (unpaired) electrons. The summed E-state index contributed by atoms with van der Waals surface area (Å²) in [5.74, 6) is 0.0304. The Kier molecular flexibility index (Phi) is 6.20. The monoisotopic (exact) mass is 450 g/mol. The van der Waals surface area contributed by atoms with Gasteiger partial charge in [0.15, 0.2) is 5.58 Å². The minimum atomic E-state index is -0.145. The smallest absolute Gasteiger partial charge is 0.257 e. The van der Waals surface area contributed by atoms with Crippen LogP contribution in [0.1, 0.15) is 0 Å². The zero-order chi connectivity index (χ0) is 20.4. The number of benzene rings is 2. The van der Waals surface area contributed by atoms with Crippen LogP contribution in [0, 0.1) is 0 Å². The number of halogens is 2. The van der Waals surface area contributed by atoms with Gasteiger partial charge in [-0.2, -0.15) is 0 Å². The van der Waals surface area contributed by atoms with E-state index in [0.29, 0.717) is 26.4 Å². The van der Waals surface area contributed by atoms with Crippen molar-refractivity contribution >= 4 is 63.3 Å². The second-order valence-corrected chi connectivity index (χ2v) is 8.68. The van der Waals surface area contributed by atoms with Crippen LogP contribution in [-0.2, 0) is 4.79 Å². The standard InChI is InChI=1S/C20H20Cl2N4O2S/c1-25-6-8-26(9-7-25)17-4-2-13(21)10-15(17)23-19(27)12-29-20-24-16-11-14(22)3-5-18(16)28-20/h2-5,10-11H,6-9,12H2,1H3,(H,23,27). The van der Waals surface area contributed by atoms with Gasteiger partial charge in [0.1, 0.15) is 5.52 Å². The Morgan fingerprint density at radius 3 is 2.66 bits per heavy atom. The van der Waals surface area contributed by atoms with Gasteiger partial charge in [0.05, 0.1) is 17.1 Å². The predicted molar refractivity (Wildman–Crippen MR) is 120 cm³/mol. The van der Waals surface area contributed by atoms with Gasteiger partial charge in [0.2, 0.25) is 5.91 Å². The molecular weight excluding hydrogens is 431 g/mol. The SMILES string of the molecule is CN1CCN(c2ccc(Cl)cc2NC(=O)CSc2nc3cc(Cl)ccc3o2)CC1. The van der Waals surface area contributed by atoms with E-state index in [1.807, 2.05) is 12.1 Å². The van der Waals surface area contributed by atoms with Gasteiger partial charge in [0, 0.05) is 36.2 Å². The fourth-order valence-corrected chi connectivity index (χ4v) is 4.16. The molecule has 2 heterocycles. The molecule has 1 N–H and O–H groups in total. The van der Waals surface area contributed by atoms with E-state index in [-0.39, 0.29) is 11.7 Å². The summed E-state index contributed by atoms with van der Waals surface area (Å²) in [7, 11) is 2.11. The number of amides is 1. The highest BCUT2D eigenvalue weighted by molar-refractivity contribution is 7.99. The van der Waals surface area contributed by atoms with Crippen molar-refractivity contribution < 1.29 is 9.21 Å². The van der Waals surface area contributed by atoms with Crippen molar-refractivity contribution in [2.45, 2.75) is 5.22 Å². The Balaban J connectivity index is 1.42. The topological polar surface area (TPSA) is 61.6 Å². The lowest BCUT2D eigenvalue weighted by atomic mass is 10.2. The highest BCUT2D eigenvalue weighted by Crippen LogP contribution is 2.31. The number of thioether (sulfide) groups is 1. The first-order valence-electron chi connectivity index (χ1n) is 9.20.